The van der Waals surface area contributed by atoms with E-state index in [-0.39, 0.29) is 11.8 Å². The van der Waals surface area contributed by atoms with Crippen molar-refractivity contribution in [3.63, 3.8) is 0 Å². The molecule has 0 N–H and O–H groups in total. The van der Waals surface area contributed by atoms with Gasteiger partial charge in [0.05, 0.1) is 13.5 Å². The summed E-state index contributed by atoms with van der Waals surface area (Å²) in [6.45, 7) is 9.00. The molecule has 1 heterocycles. The normalized spacial score (nSPS) is 15.1. The second-order valence-corrected chi connectivity index (χ2v) is 7.27. The topological polar surface area (TPSA) is 49.9 Å². The van der Waals surface area contributed by atoms with Gasteiger partial charge in [-0.15, -0.1) is 0 Å². The first kappa shape index (κ1) is 20.3. The van der Waals surface area contributed by atoms with Gasteiger partial charge in [-0.3, -0.25) is 9.59 Å². The molecule has 1 aliphatic heterocycles. The third kappa shape index (κ3) is 5.23. The van der Waals surface area contributed by atoms with Crippen LogP contribution in [0.4, 0.5) is 0 Å². The lowest BCUT2D eigenvalue weighted by Gasteiger charge is -2.22. The third-order valence-electron chi connectivity index (χ3n) is 4.98. The molecule has 5 heteroatoms. The molecular weight excluding hydrogens is 328 g/mol. The van der Waals surface area contributed by atoms with E-state index >= 15 is 0 Å². The van der Waals surface area contributed by atoms with Gasteiger partial charge >= 0.3 is 0 Å². The Morgan fingerprint density at radius 1 is 1.08 bits per heavy atom. The first-order valence-electron chi connectivity index (χ1n) is 9.68. The molecule has 2 rings (SSSR count). The number of benzene rings is 1. The molecular formula is C21H32N2O3. The highest BCUT2D eigenvalue weighted by Crippen LogP contribution is 2.25. The van der Waals surface area contributed by atoms with Crippen LogP contribution in [0, 0.1) is 0 Å². The Kier molecular flexibility index (Phi) is 7.49. The van der Waals surface area contributed by atoms with Gasteiger partial charge in [-0.1, -0.05) is 32.9 Å². The van der Waals surface area contributed by atoms with Crippen LogP contribution in [0.1, 0.15) is 57.1 Å². The van der Waals surface area contributed by atoms with Crippen LogP contribution < -0.4 is 4.74 Å². The molecule has 26 heavy (non-hydrogen) atoms. The molecule has 0 atom stereocenters. The van der Waals surface area contributed by atoms with E-state index in [0.717, 1.165) is 30.7 Å². The second-order valence-electron chi connectivity index (χ2n) is 7.27. The van der Waals surface area contributed by atoms with Crippen molar-refractivity contribution in [3.8, 4) is 5.75 Å². The zero-order valence-corrected chi connectivity index (χ0v) is 16.6. The SMILES string of the molecule is CCCC(=O)N1CCCN(C(=O)Cc2ccc(C(C)C)cc2OC)CC1. The molecule has 2 amide bonds. The molecule has 1 fully saturated rings. The van der Waals surface area contributed by atoms with E-state index in [9.17, 15) is 9.59 Å². The number of ether oxygens (including phenoxy) is 1. The van der Waals surface area contributed by atoms with Crippen LogP contribution in [0.25, 0.3) is 0 Å². The number of hydrogen-bond donors (Lipinski definition) is 0. The van der Waals surface area contributed by atoms with Crippen molar-refractivity contribution in [2.45, 2.75) is 52.4 Å². The summed E-state index contributed by atoms with van der Waals surface area (Å²) in [6, 6.07) is 6.10. The molecule has 144 valence electrons. The minimum atomic E-state index is 0.102. The lowest BCUT2D eigenvalue weighted by molar-refractivity contribution is -0.133. The number of rotatable bonds is 6. The fraction of sp³-hybridized carbons (Fsp3) is 0.619. The van der Waals surface area contributed by atoms with Gasteiger partial charge in [0.2, 0.25) is 11.8 Å². The van der Waals surface area contributed by atoms with Crippen molar-refractivity contribution in [1.29, 1.82) is 0 Å². The van der Waals surface area contributed by atoms with Gasteiger partial charge in [0.25, 0.3) is 0 Å². The molecule has 0 unspecified atom stereocenters. The van der Waals surface area contributed by atoms with Crippen LogP contribution in [0.2, 0.25) is 0 Å². The predicted molar refractivity (Wildman–Crippen MR) is 103 cm³/mol. The van der Waals surface area contributed by atoms with Crippen molar-refractivity contribution in [2.75, 3.05) is 33.3 Å². The summed E-state index contributed by atoms with van der Waals surface area (Å²) < 4.78 is 5.50. The molecule has 0 spiro atoms. The summed E-state index contributed by atoms with van der Waals surface area (Å²) in [5, 5.41) is 0. The highest BCUT2D eigenvalue weighted by Gasteiger charge is 2.22. The number of nitrogens with zero attached hydrogens (tertiary/aromatic N) is 2. The third-order valence-corrected chi connectivity index (χ3v) is 4.98. The van der Waals surface area contributed by atoms with E-state index in [1.54, 1.807) is 7.11 Å². The lowest BCUT2D eigenvalue weighted by atomic mass is 9.99. The number of methoxy groups -OCH3 is 1. The monoisotopic (exact) mass is 360 g/mol. The van der Waals surface area contributed by atoms with Crippen LogP contribution >= 0.6 is 0 Å². The summed E-state index contributed by atoms with van der Waals surface area (Å²) in [6.07, 6.45) is 2.63. The zero-order valence-electron chi connectivity index (χ0n) is 16.6. The first-order valence-corrected chi connectivity index (χ1v) is 9.68. The van der Waals surface area contributed by atoms with Crippen LogP contribution in [0.15, 0.2) is 18.2 Å². The summed E-state index contributed by atoms with van der Waals surface area (Å²) in [4.78, 5) is 28.7. The number of carbonyl (C=O) groups excluding carboxylic acids is 2. The molecule has 0 bridgehead atoms. The molecule has 1 aromatic carbocycles. The quantitative estimate of drug-likeness (QED) is 0.783. The van der Waals surface area contributed by atoms with E-state index in [1.807, 2.05) is 28.9 Å². The maximum absolute atomic E-state index is 12.8. The zero-order chi connectivity index (χ0) is 19.1. The molecule has 0 radical (unpaired) electrons. The van der Waals surface area contributed by atoms with Crippen LogP contribution in [0.3, 0.4) is 0 Å². The minimum absolute atomic E-state index is 0.102. The second kappa shape index (κ2) is 9.60. The largest absolute Gasteiger partial charge is 0.496 e. The van der Waals surface area contributed by atoms with Crippen LogP contribution in [0.5, 0.6) is 5.75 Å². The van der Waals surface area contributed by atoms with E-state index in [2.05, 4.69) is 19.9 Å². The maximum Gasteiger partial charge on any atom is 0.227 e. The van der Waals surface area contributed by atoms with Crippen LogP contribution in [-0.4, -0.2) is 54.9 Å². The van der Waals surface area contributed by atoms with E-state index in [0.29, 0.717) is 38.4 Å². The van der Waals surface area contributed by atoms with E-state index < -0.39 is 0 Å². The molecule has 5 nitrogen and oxygen atoms in total. The van der Waals surface area contributed by atoms with Crippen molar-refractivity contribution in [2.24, 2.45) is 0 Å². The smallest absolute Gasteiger partial charge is 0.227 e. The average molecular weight is 360 g/mol. The number of hydrogen-bond acceptors (Lipinski definition) is 3. The highest BCUT2D eigenvalue weighted by atomic mass is 16.5. The van der Waals surface area contributed by atoms with Gasteiger partial charge in [-0.2, -0.15) is 0 Å². The van der Waals surface area contributed by atoms with Gasteiger partial charge in [0.1, 0.15) is 5.75 Å². The summed E-state index contributed by atoms with van der Waals surface area (Å²) in [5.74, 6) is 1.50. The van der Waals surface area contributed by atoms with Gasteiger partial charge in [0.15, 0.2) is 0 Å². The highest BCUT2D eigenvalue weighted by molar-refractivity contribution is 5.80. The molecule has 0 aliphatic carbocycles. The molecule has 1 aliphatic rings. The van der Waals surface area contributed by atoms with Crippen LogP contribution in [-0.2, 0) is 16.0 Å². The van der Waals surface area contributed by atoms with Gasteiger partial charge in [-0.25, -0.2) is 0 Å². The van der Waals surface area contributed by atoms with Gasteiger partial charge < -0.3 is 14.5 Å². The predicted octanol–water partition coefficient (Wildman–Crippen LogP) is 3.22. The number of amides is 2. The van der Waals surface area contributed by atoms with E-state index in [1.165, 1.54) is 5.56 Å². The van der Waals surface area contributed by atoms with Crippen molar-refractivity contribution >= 4 is 11.8 Å². The van der Waals surface area contributed by atoms with Gasteiger partial charge in [-0.05, 0) is 30.4 Å². The Hall–Kier alpha value is -2.04. The first-order chi connectivity index (χ1) is 12.5. The Morgan fingerprint density at radius 2 is 1.73 bits per heavy atom. The van der Waals surface area contributed by atoms with Crippen molar-refractivity contribution < 1.29 is 14.3 Å². The molecule has 1 saturated heterocycles. The maximum atomic E-state index is 12.8. The Labute approximate surface area is 157 Å². The Bertz CT molecular complexity index is 628. The summed E-state index contributed by atoms with van der Waals surface area (Å²) in [7, 11) is 1.65. The van der Waals surface area contributed by atoms with Crippen molar-refractivity contribution in [1.82, 2.24) is 9.80 Å². The minimum Gasteiger partial charge on any atom is -0.496 e. The molecule has 0 saturated carbocycles. The number of carbonyl (C=O) groups is 2. The standard InChI is InChI=1S/C21H32N2O3/c1-5-7-20(24)22-10-6-11-23(13-12-22)21(25)15-18-9-8-17(16(2)3)14-19(18)26-4/h8-9,14,16H,5-7,10-13,15H2,1-4H3. The average Bonchev–Trinajstić information content (AvgIpc) is 2.88. The fourth-order valence-electron chi connectivity index (χ4n) is 3.33. The Balaban J connectivity index is 2.00. The van der Waals surface area contributed by atoms with Gasteiger partial charge in [0, 0.05) is 38.2 Å². The molecule has 1 aromatic rings. The lowest BCUT2D eigenvalue weighted by Crippen LogP contribution is -2.37. The summed E-state index contributed by atoms with van der Waals surface area (Å²) in [5.41, 5.74) is 2.13. The van der Waals surface area contributed by atoms with Crippen molar-refractivity contribution in [3.05, 3.63) is 29.3 Å². The fourth-order valence-corrected chi connectivity index (χ4v) is 3.33. The Morgan fingerprint density at radius 3 is 2.31 bits per heavy atom. The molecule has 0 aromatic heterocycles. The van der Waals surface area contributed by atoms with E-state index in [4.69, 9.17) is 4.74 Å². The summed E-state index contributed by atoms with van der Waals surface area (Å²) >= 11 is 0.